The smallest absolute Gasteiger partial charge is 0.475 e. The lowest BCUT2D eigenvalue weighted by atomic mass is 9.96. The van der Waals surface area contributed by atoms with E-state index in [0.717, 1.165) is 52.9 Å². The fraction of sp³-hybridized carbons (Fsp3) is 0.179. The number of hydrogen-bond acceptors (Lipinski definition) is 5. The Morgan fingerprint density at radius 1 is 0.860 bits per heavy atom. The molecule has 224 valence electrons. The number of carboxylic acids is 2. The van der Waals surface area contributed by atoms with Crippen LogP contribution in [0.2, 0.25) is 0 Å². The monoisotopic (exact) mass is 605 g/mol. The van der Waals surface area contributed by atoms with Crippen molar-refractivity contribution in [3.8, 4) is 33.8 Å². The Morgan fingerprint density at radius 2 is 1.56 bits per heavy atom. The summed E-state index contributed by atoms with van der Waals surface area (Å²) < 4.78 is 65.6. The van der Waals surface area contributed by atoms with E-state index < -0.39 is 24.3 Å². The van der Waals surface area contributed by atoms with Gasteiger partial charge in [0.25, 0.3) is 0 Å². The van der Waals surface area contributed by atoms with Crippen LogP contribution < -0.4 is 0 Å². The Labute approximate surface area is 238 Å². The van der Waals surface area contributed by atoms with Gasteiger partial charge in [-0.1, -0.05) is 18.2 Å². The molecule has 1 aliphatic rings. The van der Waals surface area contributed by atoms with Crippen molar-refractivity contribution in [3.63, 3.8) is 0 Å². The van der Waals surface area contributed by atoms with E-state index in [-0.39, 0.29) is 0 Å². The molecule has 5 aromatic rings. The van der Waals surface area contributed by atoms with E-state index in [0.29, 0.717) is 0 Å². The first kappa shape index (κ1) is 30.7. The van der Waals surface area contributed by atoms with Gasteiger partial charge in [-0.05, 0) is 54.8 Å². The van der Waals surface area contributed by atoms with Crippen LogP contribution >= 0.6 is 0 Å². The lowest BCUT2D eigenvalue weighted by Crippen LogP contribution is -2.21. The van der Waals surface area contributed by atoms with Crippen LogP contribution in [0.3, 0.4) is 0 Å². The van der Waals surface area contributed by atoms with Crippen molar-refractivity contribution in [2.45, 2.75) is 31.7 Å². The van der Waals surface area contributed by atoms with E-state index in [1.807, 2.05) is 42.9 Å². The summed E-state index contributed by atoms with van der Waals surface area (Å²) in [4.78, 5) is 30.3. The first-order valence-corrected chi connectivity index (χ1v) is 12.4. The fourth-order valence-corrected chi connectivity index (χ4v) is 4.34. The summed E-state index contributed by atoms with van der Waals surface area (Å²) in [6.45, 7) is 0.967. The SMILES string of the molecule is O=C(O)C(F)(F)F.O=C(O)C(F)(F)F.c1ccc(-c2nn3c(c2-c2ccnc4cc(-c5ccc[nH]5)ccc24)CCC3)nc1. The number of alkyl halides is 6. The maximum Gasteiger partial charge on any atom is 0.490 e. The molecule has 0 atom stereocenters. The summed E-state index contributed by atoms with van der Waals surface area (Å²) >= 11 is 0. The van der Waals surface area contributed by atoms with Gasteiger partial charge in [-0.25, -0.2) is 9.59 Å². The Hall–Kier alpha value is -5.21. The second-order valence-electron chi connectivity index (χ2n) is 8.99. The molecule has 1 aromatic carbocycles. The third-order valence-corrected chi connectivity index (χ3v) is 6.15. The second-order valence-corrected chi connectivity index (χ2v) is 8.99. The molecule has 0 radical (unpaired) electrons. The number of hydrogen-bond donors (Lipinski definition) is 3. The van der Waals surface area contributed by atoms with Crippen molar-refractivity contribution in [3.05, 3.63) is 78.9 Å². The summed E-state index contributed by atoms with van der Waals surface area (Å²) in [5.41, 5.74) is 8.76. The predicted octanol–water partition coefficient (Wildman–Crippen LogP) is 6.37. The lowest BCUT2D eigenvalue weighted by Gasteiger charge is -2.10. The zero-order valence-corrected chi connectivity index (χ0v) is 21.8. The summed E-state index contributed by atoms with van der Waals surface area (Å²) in [5, 5.41) is 20.3. The van der Waals surface area contributed by atoms with Gasteiger partial charge in [0.1, 0.15) is 5.69 Å². The highest BCUT2D eigenvalue weighted by atomic mass is 19.4. The minimum Gasteiger partial charge on any atom is -0.475 e. The number of nitrogens with zero attached hydrogens (tertiary/aromatic N) is 4. The highest BCUT2D eigenvalue weighted by Gasteiger charge is 2.38. The Balaban J connectivity index is 0.000000254. The number of nitrogens with one attached hydrogen (secondary N) is 1. The molecule has 0 saturated carbocycles. The molecule has 1 aliphatic heterocycles. The average molecular weight is 605 g/mol. The van der Waals surface area contributed by atoms with Gasteiger partial charge in [-0.2, -0.15) is 31.4 Å². The van der Waals surface area contributed by atoms with Crippen LogP contribution in [0.1, 0.15) is 12.1 Å². The number of aromatic nitrogens is 5. The number of aromatic amines is 1. The van der Waals surface area contributed by atoms with E-state index >= 15 is 0 Å². The molecule has 0 bridgehead atoms. The molecule has 4 aromatic heterocycles. The van der Waals surface area contributed by atoms with E-state index in [9.17, 15) is 26.3 Å². The minimum atomic E-state index is -5.08. The number of aliphatic carboxylic acids is 2. The van der Waals surface area contributed by atoms with Crippen molar-refractivity contribution in [1.82, 2.24) is 24.7 Å². The second kappa shape index (κ2) is 12.3. The average Bonchev–Trinajstić information content (AvgIpc) is 3.71. The van der Waals surface area contributed by atoms with Gasteiger partial charge in [-0.3, -0.25) is 14.6 Å². The first-order valence-electron chi connectivity index (χ1n) is 12.4. The van der Waals surface area contributed by atoms with Gasteiger partial charge in [-0.15, -0.1) is 0 Å². The molecule has 0 amide bonds. The van der Waals surface area contributed by atoms with Gasteiger partial charge >= 0.3 is 24.3 Å². The summed E-state index contributed by atoms with van der Waals surface area (Å²) in [5.74, 6) is -5.51. The number of carbonyl (C=O) groups is 2. The van der Waals surface area contributed by atoms with Crippen LogP contribution in [-0.4, -0.2) is 59.2 Å². The molecule has 9 nitrogen and oxygen atoms in total. The first-order chi connectivity index (χ1) is 20.3. The molecule has 0 unspecified atom stereocenters. The highest BCUT2D eigenvalue weighted by molar-refractivity contribution is 6.00. The van der Waals surface area contributed by atoms with Crippen LogP contribution in [0.25, 0.3) is 44.7 Å². The van der Waals surface area contributed by atoms with Crippen molar-refractivity contribution in [1.29, 1.82) is 0 Å². The van der Waals surface area contributed by atoms with E-state index in [4.69, 9.17) is 24.9 Å². The maximum absolute atomic E-state index is 10.6. The number of carboxylic acid groups (broad SMARTS) is 2. The Bertz CT molecular complexity index is 1710. The number of H-pyrrole nitrogens is 1. The standard InChI is InChI=1S/C24H19N5.2C2HF3O2/c1-2-11-26-20(5-1)24-23(22-7-4-14-29(22)28-24)18-10-13-27-21-15-16(8-9-17(18)21)19-6-3-12-25-19;2*3-2(4,5)1(6)7/h1-3,5-6,8-13,15,25H,4,7,14H2;2*(H,6,7). The lowest BCUT2D eigenvalue weighted by molar-refractivity contribution is -0.193. The van der Waals surface area contributed by atoms with Crippen molar-refractivity contribution < 1.29 is 46.1 Å². The van der Waals surface area contributed by atoms with Crippen LogP contribution in [0.4, 0.5) is 26.3 Å². The van der Waals surface area contributed by atoms with Gasteiger partial charge in [0.2, 0.25) is 0 Å². The third kappa shape index (κ3) is 7.17. The van der Waals surface area contributed by atoms with Gasteiger partial charge in [0.05, 0.1) is 11.2 Å². The molecule has 15 heteroatoms. The normalized spacial score (nSPS) is 12.5. The molecule has 43 heavy (non-hydrogen) atoms. The molecular weight excluding hydrogens is 584 g/mol. The van der Waals surface area contributed by atoms with Gasteiger partial charge in [0, 0.05) is 53.0 Å². The number of aryl methyl sites for hydroxylation is 1. The number of halogens is 6. The van der Waals surface area contributed by atoms with E-state index in [1.165, 1.54) is 16.8 Å². The van der Waals surface area contributed by atoms with Crippen molar-refractivity contribution >= 4 is 22.8 Å². The topological polar surface area (TPSA) is 134 Å². The Kier molecular flexibility index (Phi) is 8.82. The largest absolute Gasteiger partial charge is 0.490 e. The van der Waals surface area contributed by atoms with Crippen LogP contribution in [-0.2, 0) is 22.6 Å². The van der Waals surface area contributed by atoms with Crippen LogP contribution in [0, 0.1) is 0 Å². The molecule has 0 fully saturated rings. The molecule has 0 spiro atoms. The van der Waals surface area contributed by atoms with Gasteiger partial charge < -0.3 is 15.2 Å². The number of rotatable bonds is 3. The van der Waals surface area contributed by atoms with Crippen molar-refractivity contribution in [2.75, 3.05) is 0 Å². The quantitative estimate of drug-likeness (QED) is 0.204. The number of fused-ring (bicyclic) bond motifs is 2. The zero-order valence-electron chi connectivity index (χ0n) is 21.8. The van der Waals surface area contributed by atoms with Crippen LogP contribution in [0.5, 0.6) is 0 Å². The van der Waals surface area contributed by atoms with Crippen molar-refractivity contribution in [2.24, 2.45) is 0 Å². The summed E-state index contributed by atoms with van der Waals surface area (Å²) in [6.07, 6.45) is -2.32. The summed E-state index contributed by atoms with van der Waals surface area (Å²) in [6, 6.07) is 18.7. The highest BCUT2D eigenvalue weighted by Crippen LogP contribution is 2.40. The molecule has 0 aliphatic carbocycles. The molecule has 5 heterocycles. The number of pyridine rings is 2. The minimum absolute atomic E-state index is 0.914. The van der Waals surface area contributed by atoms with E-state index in [2.05, 4.69) is 50.0 Å². The predicted molar refractivity (Wildman–Crippen MR) is 142 cm³/mol. The number of benzene rings is 1. The maximum atomic E-state index is 10.6. The molecule has 6 rings (SSSR count). The fourth-order valence-electron chi connectivity index (χ4n) is 4.34. The van der Waals surface area contributed by atoms with Crippen LogP contribution in [0.15, 0.2) is 73.2 Å². The summed E-state index contributed by atoms with van der Waals surface area (Å²) in [7, 11) is 0. The zero-order chi connectivity index (χ0) is 31.4. The molecular formula is C28H21F6N5O4. The third-order valence-electron chi connectivity index (χ3n) is 6.15. The van der Waals surface area contributed by atoms with Gasteiger partial charge in [0.15, 0.2) is 0 Å². The van der Waals surface area contributed by atoms with E-state index in [1.54, 1.807) is 0 Å². The molecule has 0 saturated heterocycles. The molecule has 3 N–H and O–H groups in total. The Morgan fingerprint density at radius 3 is 2.14 bits per heavy atom.